The van der Waals surface area contributed by atoms with Crippen LogP contribution in [0.1, 0.15) is 23.4 Å². The Hall–Kier alpha value is -1.83. The van der Waals surface area contributed by atoms with Gasteiger partial charge >= 0.3 is 0 Å². The van der Waals surface area contributed by atoms with Crippen molar-refractivity contribution in [1.29, 1.82) is 0 Å². The second kappa shape index (κ2) is 8.04. The molecule has 3 heterocycles. The molecule has 0 atom stereocenters. The van der Waals surface area contributed by atoms with Crippen molar-refractivity contribution in [2.45, 2.75) is 18.4 Å². The van der Waals surface area contributed by atoms with Gasteiger partial charge < -0.3 is 14.5 Å². The number of amides is 1. The summed E-state index contributed by atoms with van der Waals surface area (Å²) in [6.07, 6.45) is 2.08. The average molecular weight is 388 g/mol. The minimum absolute atomic E-state index is 0.0398. The Morgan fingerprint density at radius 2 is 1.93 bits per heavy atom. The lowest BCUT2D eigenvalue weighted by Gasteiger charge is -2.47. The van der Waals surface area contributed by atoms with E-state index < -0.39 is 0 Å². The quantitative estimate of drug-likeness (QED) is 0.865. The second-order valence-corrected chi connectivity index (χ2v) is 8.31. The topological polar surface area (TPSA) is 71.8 Å². The lowest BCUT2D eigenvalue weighted by molar-refractivity contribution is -0.0255. The van der Waals surface area contributed by atoms with E-state index in [1.807, 2.05) is 11.8 Å². The van der Waals surface area contributed by atoms with Crippen molar-refractivity contribution in [3.05, 3.63) is 46.3 Å². The van der Waals surface area contributed by atoms with E-state index in [0.29, 0.717) is 17.5 Å². The van der Waals surface area contributed by atoms with Crippen molar-refractivity contribution in [1.82, 2.24) is 10.2 Å². The first-order chi connectivity index (χ1) is 13.2. The molecule has 0 bridgehead atoms. The summed E-state index contributed by atoms with van der Waals surface area (Å²) >= 11 is 1.96. The normalized spacial score (nSPS) is 20.4. The average Bonchev–Trinajstić information content (AvgIpc) is 2.73. The van der Waals surface area contributed by atoms with Crippen LogP contribution in [-0.2, 0) is 4.74 Å². The van der Waals surface area contributed by atoms with Crippen molar-refractivity contribution in [3.8, 4) is 0 Å². The van der Waals surface area contributed by atoms with Crippen LogP contribution in [0.5, 0.6) is 0 Å². The molecule has 7 heteroatoms. The fourth-order valence-corrected chi connectivity index (χ4v) is 5.19. The first kappa shape index (κ1) is 18.5. The van der Waals surface area contributed by atoms with Crippen LogP contribution in [0.3, 0.4) is 0 Å². The summed E-state index contributed by atoms with van der Waals surface area (Å²) in [5.74, 6) is 1.93. The van der Waals surface area contributed by atoms with Crippen LogP contribution in [-0.4, -0.2) is 60.7 Å². The van der Waals surface area contributed by atoms with E-state index in [1.54, 1.807) is 24.3 Å². The van der Waals surface area contributed by atoms with Crippen LogP contribution in [0.25, 0.3) is 11.0 Å². The monoisotopic (exact) mass is 388 g/mol. The summed E-state index contributed by atoms with van der Waals surface area (Å²) in [4.78, 5) is 27.4. The highest BCUT2D eigenvalue weighted by atomic mass is 32.2. The number of nitrogens with one attached hydrogen (secondary N) is 1. The zero-order chi connectivity index (χ0) is 18.7. The Morgan fingerprint density at radius 1 is 1.19 bits per heavy atom. The molecule has 0 spiro atoms. The van der Waals surface area contributed by atoms with Gasteiger partial charge in [0.1, 0.15) is 5.58 Å². The number of thioether (sulfide) groups is 1. The van der Waals surface area contributed by atoms with Crippen molar-refractivity contribution in [3.63, 3.8) is 0 Å². The van der Waals surface area contributed by atoms with Crippen LogP contribution in [0.4, 0.5) is 0 Å². The van der Waals surface area contributed by atoms with Crippen LogP contribution >= 0.6 is 11.8 Å². The zero-order valence-electron chi connectivity index (χ0n) is 15.2. The molecule has 0 unspecified atom stereocenters. The molecule has 2 aliphatic heterocycles. The molecular weight excluding hydrogens is 364 g/mol. The van der Waals surface area contributed by atoms with Crippen molar-refractivity contribution >= 4 is 28.6 Å². The number of hydrogen-bond donors (Lipinski definition) is 1. The first-order valence-corrected chi connectivity index (χ1v) is 10.6. The molecule has 144 valence electrons. The number of fused-ring (bicyclic) bond motifs is 1. The molecule has 2 aliphatic rings. The van der Waals surface area contributed by atoms with E-state index in [9.17, 15) is 9.59 Å². The van der Waals surface area contributed by atoms with Gasteiger partial charge in [-0.05, 0) is 36.5 Å². The number of ether oxygens (including phenoxy) is 1. The Morgan fingerprint density at radius 3 is 2.70 bits per heavy atom. The Kier molecular flexibility index (Phi) is 5.52. The van der Waals surface area contributed by atoms with E-state index in [0.717, 1.165) is 50.7 Å². The number of benzene rings is 1. The van der Waals surface area contributed by atoms with Crippen molar-refractivity contribution < 1.29 is 13.9 Å². The second-order valence-electron chi connectivity index (χ2n) is 7.09. The van der Waals surface area contributed by atoms with Crippen molar-refractivity contribution in [2.75, 3.05) is 44.4 Å². The summed E-state index contributed by atoms with van der Waals surface area (Å²) in [5.41, 5.74) is 0.202. The fourth-order valence-electron chi connectivity index (χ4n) is 3.94. The molecule has 2 fully saturated rings. The van der Waals surface area contributed by atoms with Gasteiger partial charge in [-0.1, -0.05) is 12.1 Å². The molecule has 27 heavy (non-hydrogen) atoms. The fraction of sp³-hybridized carbons (Fsp3) is 0.500. The van der Waals surface area contributed by atoms with Crippen LogP contribution in [0, 0.1) is 0 Å². The third-order valence-corrected chi connectivity index (χ3v) is 6.53. The summed E-state index contributed by atoms with van der Waals surface area (Å²) < 4.78 is 11.2. The highest BCUT2D eigenvalue weighted by Gasteiger charge is 2.39. The molecule has 0 saturated carbocycles. The van der Waals surface area contributed by atoms with Crippen LogP contribution < -0.4 is 10.7 Å². The third kappa shape index (κ3) is 3.90. The largest absolute Gasteiger partial charge is 0.451 e. The number of carbonyl (C=O) groups is 1. The van der Waals surface area contributed by atoms with E-state index in [2.05, 4.69) is 10.2 Å². The van der Waals surface area contributed by atoms with Gasteiger partial charge in [0.15, 0.2) is 11.2 Å². The Labute approximate surface area is 162 Å². The van der Waals surface area contributed by atoms with Gasteiger partial charge in [-0.15, -0.1) is 0 Å². The molecule has 0 aliphatic carbocycles. The smallest absolute Gasteiger partial charge is 0.287 e. The Bertz CT molecular complexity index is 870. The van der Waals surface area contributed by atoms with Crippen LogP contribution in [0.2, 0.25) is 0 Å². The minimum atomic E-state index is -0.330. The predicted molar refractivity (Wildman–Crippen MR) is 106 cm³/mol. The third-order valence-electron chi connectivity index (χ3n) is 5.54. The lowest BCUT2D eigenvalue weighted by atomic mass is 9.89. The highest BCUT2D eigenvalue weighted by molar-refractivity contribution is 7.99. The van der Waals surface area contributed by atoms with Gasteiger partial charge in [-0.3, -0.25) is 14.5 Å². The van der Waals surface area contributed by atoms with Gasteiger partial charge in [0, 0.05) is 31.2 Å². The molecule has 1 aromatic carbocycles. The Balaban J connectivity index is 1.52. The number of carbonyl (C=O) groups excluding carboxylic acids is 1. The maximum Gasteiger partial charge on any atom is 0.287 e. The summed E-state index contributed by atoms with van der Waals surface area (Å²) in [6, 6.07) is 8.28. The van der Waals surface area contributed by atoms with Gasteiger partial charge in [-0.25, -0.2) is 0 Å². The molecule has 6 nitrogen and oxygen atoms in total. The predicted octanol–water partition coefficient (Wildman–Crippen LogP) is 2.12. The molecule has 4 rings (SSSR count). The maximum absolute atomic E-state index is 12.7. The number of rotatable bonds is 4. The summed E-state index contributed by atoms with van der Waals surface area (Å²) in [7, 11) is 0. The van der Waals surface area contributed by atoms with Crippen molar-refractivity contribution in [2.24, 2.45) is 0 Å². The van der Waals surface area contributed by atoms with E-state index >= 15 is 0 Å². The van der Waals surface area contributed by atoms with Gasteiger partial charge in [-0.2, -0.15) is 11.8 Å². The van der Waals surface area contributed by atoms with Gasteiger partial charge in [0.25, 0.3) is 5.91 Å². The number of para-hydroxylation sites is 1. The van der Waals surface area contributed by atoms with E-state index in [4.69, 9.17) is 9.15 Å². The minimum Gasteiger partial charge on any atom is -0.451 e. The molecule has 1 aromatic heterocycles. The number of hydrogen-bond acceptors (Lipinski definition) is 6. The number of morpholine rings is 1. The molecule has 1 N–H and O–H groups in total. The zero-order valence-corrected chi connectivity index (χ0v) is 16.1. The molecule has 0 radical (unpaired) electrons. The van der Waals surface area contributed by atoms with Gasteiger partial charge in [0.2, 0.25) is 0 Å². The standard InChI is InChI=1S/C20H24N2O4S/c23-16-13-18(26-17-4-2-1-3-15(16)17)19(24)21-14-20(5-11-27-12-6-20)22-7-9-25-10-8-22/h1-4,13H,5-12,14H2,(H,21,24). The summed E-state index contributed by atoms with van der Waals surface area (Å²) in [6.45, 7) is 3.82. The lowest BCUT2D eigenvalue weighted by Crippen LogP contribution is -2.60. The van der Waals surface area contributed by atoms with Gasteiger partial charge in [0.05, 0.1) is 18.6 Å². The summed E-state index contributed by atoms with van der Waals surface area (Å²) in [5, 5.41) is 3.52. The molecular formula is C20H24N2O4S. The molecule has 2 aromatic rings. The van der Waals surface area contributed by atoms with E-state index in [1.165, 1.54) is 6.07 Å². The van der Waals surface area contributed by atoms with E-state index in [-0.39, 0.29) is 22.6 Å². The molecule has 1 amide bonds. The highest BCUT2D eigenvalue weighted by Crippen LogP contribution is 2.32. The first-order valence-electron chi connectivity index (χ1n) is 9.40. The SMILES string of the molecule is O=C(NCC1(N2CCOCC2)CCSCC1)c1cc(=O)c2ccccc2o1. The van der Waals surface area contributed by atoms with Crippen LogP contribution in [0.15, 0.2) is 39.5 Å². The molecule has 2 saturated heterocycles. The maximum atomic E-state index is 12.7. The number of nitrogens with zero attached hydrogens (tertiary/aromatic N) is 1.